The molecule has 0 saturated heterocycles. The van der Waals surface area contributed by atoms with E-state index in [0.29, 0.717) is 9.30 Å². The Hall–Kier alpha value is 0.110. The molecule has 1 aromatic carbocycles. The van der Waals surface area contributed by atoms with Gasteiger partial charge >= 0.3 is 0 Å². The van der Waals surface area contributed by atoms with Crippen LogP contribution in [0.4, 0.5) is 4.39 Å². The van der Waals surface area contributed by atoms with Crippen molar-refractivity contribution < 1.29 is 4.39 Å². The minimum Gasteiger partial charge on any atom is -0.206 e. The molecule has 0 heterocycles. The molecule has 0 nitrogen and oxygen atoms in total. The highest BCUT2D eigenvalue weighted by atomic mass is 79.9. The number of hydrogen-bond donors (Lipinski definition) is 0. The summed E-state index contributed by atoms with van der Waals surface area (Å²) < 4.78 is 14.0. The third kappa shape index (κ3) is 2.78. The van der Waals surface area contributed by atoms with E-state index in [1.165, 1.54) is 44.1 Å². The Labute approximate surface area is 131 Å². The minimum atomic E-state index is -0.174. The largest absolute Gasteiger partial charge is 0.206 e. The first-order valence-electron chi connectivity index (χ1n) is 7.26. The van der Waals surface area contributed by atoms with Crippen LogP contribution in [0.1, 0.15) is 48.9 Å². The maximum Gasteiger partial charge on any atom is 0.137 e. The first kappa shape index (κ1) is 14.1. The summed E-state index contributed by atoms with van der Waals surface area (Å²) in [7, 11) is 0. The SMILES string of the molecule is Fc1ccc(C(Br)C(C2CCC2)C2CCC2)cc1Br. The molecule has 2 fully saturated rings. The highest BCUT2D eigenvalue weighted by Gasteiger charge is 2.40. The van der Waals surface area contributed by atoms with Gasteiger partial charge in [-0.05, 0) is 51.4 Å². The molecule has 0 N–H and O–H groups in total. The Kier molecular flexibility index (Phi) is 4.33. The molecular weight excluding hydrogens is 371 g/mol. The van der Waals surface area contributed by atoms with Crippen molar-refractivity contribution >= 4 is 31.9 Å². The van der Waals surface area contributed by atoms with E-state index in [0.717, 1.165) is 17.8 Å². The molecule has 2 aliphatic rings. The Morgan fingerprint density at radius 3 is 2.05 bits per heavy atom. The third-order valence-corrected chi connectivity index (χ3v) is 6.74. The number of rotatable bonds is 4. The summed E-state index contributed by atoms with van der Waals surface area (Å²) in [6.45, 7) is 0. The highest BCUT2D eigenvalue weighted by molar-refractivity contribution is 9.10. The van der Waals surface area contributed by atoms with Crippen LogP contribution in [0, 0.1) is 23.6 Å². The van der Waals surface area contributed by atoms with E-state index in [-0.39, 0.29) is 5.82 Å². The van der Waals surface area contributed by atoms with E-state index >= 15 is 0 Å². The lowest BCUT2D eigenvalue weighted by molar-refractivity contribution is 0.0919. The van der Waals surface area contributed by atoms with Crippen LogP contribution in [0.15, 0.2) is 22.7 Å². The van der Waals surface area contributed by atoms with Gasteiger partial charge in [0.1, 0.15) is 5.82 Å². The number of hydrogen-bond acceptors (Lipinski definition) is 0. The van der Waals surface area contributed by atoms with E-state index in [1.54, 1.807) is 6.07 Å². The van der Waals surface area contributed by atoms with Crippen LogP contribution in [-0.2, 0) is 0 Å². The van der Waals surface area contributed by atoms with Crippen LogP contribution in [0.3, 0.4) is 0 Å². The second-order valence-corrected chi connectivity index (χ2v) is 7.88. The van der Waals surface area contributed by atoms with Crippen LogP contribution >= 0.6 is 31.9 Å². The van der Waals surface area contributed by atoms with Gasteiger partial charge in [0.05, 0.1) is 4.47 Å². The molecule has 0 radical (unpaired) electrons. The average Bonchev–Trinajstić information content (AvgIpc) is 2.26. The molecule has 2 saturated carbocycles. The molecule has 2 aliphatic carbocycles. The summed E-state index contributed by atoms with van der Waals surface area (Å²) in [5.74, 6) is 2.31. The Morgan fingerprint density at radius 2 is 1.63 bits per heavy atom. The molecule has 0 bridgehead atoms. The van der Waals surface area contributed by atoms with Gasteiger partial charge in [0.25, 0.3) is 0 Å². The molecule has 3 heteroatoms. The van der Waals surface area contributed by atoms with Gasteiger partial charge in [-0.25, -0.2) is 4.39 Å². The maximum absolute atomic E-state index is 13.4. The Morgan fingerprint density at radius 1 is 1.05 bits per heavy atom. The van der Waals surface area contributed by atoms with E-state index in [4.69, 9.17) is 0 Å². The van der Waals surface area contributed by atoms with E-state index in [9.17, 15) is 4.39 Å². The standard InChI is InChI=1S/C16H19Br2F/c17-13-9-12(7-8-14(13)19)16(18)15(10-3-1-4-10)11-5-2-6-11/h7-11,15-16H,1-6H2. The lowest BCUT2D eigenvalue weighted by atomic mass is 9.63. The highest BCUT2D eigenvalue weighted by Crippen LogP contribution is 2.52. The summed E-state index contributed by atoms with van der Waals surface area (Å²) in [5, 5.41) is 0. The molecule has 19 heavy (non-hydrogen) atoms. The molecule has 1 unspecified atom stereocenters. The van der Waals surface area contributed by atoms with E-state index in [2.05, 4.69) is 31.9 Å². The number of halogens is 3. The van der Waals surface area contributed by atoms with Crippen molar-refractivity contribution in [2.24, 2.45) is 17.8 Å². The first-order valence-corrected chi connectivity index (χ1v) is 8.96. The summed E-state index contributed by atoms with van der Waals surface area (Å²) in [6.07, 6.45) is 8.30. The zero-order valence-electron chi connectivity index (χ0n) is 10.9. The average molecular weight is 390 g/mol. The quantitative estimate of drug-likeness (QED) is 0.534. The van der Waals surface area contributed by atoms with Crippen molar-refractivity contribution in [3.8, 4) is 0 Å². The topological polar surface area (TPSA) is 0 Å². The smallest absolute Gasteiger partial charge is 0.137 e. The van der Waals surface area contributed by atoms with Gasteiger partial charge in [0.15, 0.2) is 0 Å². The van der Waals surface area contributed by atoms with Gasteiger partial charge in [-0.2, -0.15) is 0 Å². The number of benzene rings is 1. The predicted molar refractivity (Wildman–Crippen MR) is 83.9 cm³/mol. The van der Waals surface area contributed by atoms with Crippen molar-refractivity contribution in [2.45, 2.75) is 43.4 Å². The zero-order valence-corrected chi connectivity index (χ0v) is 14.1. The van der Waals surface area contributed by atoms with Crippen LogP contribution in [0.25, 0.3) is 0 Å². The molecular formula is C16H19Br2F. The second kappa shape index (κ2) is 5.85. The van der Waals surface area contributed by atoms with Gasteiger partial charge in [0, 0.05) is 4.83 Å². The van der Waals surface area contributed by atoms with E-state index in [1.807, 2.05) is 12.1 Å². The summed E-state index contributed by atoms with van der Waals surface area (Å²) in [5.41, 5.74) is 1.22. The monoisotopic (exact) mass is 388 g/mol. The molecule has 104 valence electrons. The fraction of sp³-hybridized carbons (Fsp3) is 0.625. The number of alkyl halides is 1. The molecule has 0 aromatic heterocycles. The lowest BCUT2D eigenvalue weighted by Crippen LogP contribution is -2.34. The fourth-order valence-corrected chi connectivity index (χ4v) is 4.96. The molecule has 3 rings (SSSR count). The minimum absolute atomic E-state index is 0.174. The van der Waals surface area contributed by atoms with Crippen molar-refractivity contribution in [1.82, 2.24) is 0 Å². The second-order valence-electron chi connectivity index (χ2n) is 6.03. The van der Waals surface area contributed by atoms with Crippen molar-refractivity contribution in [3.63, 3.8) is 0 Å². The Bertz CT molecular complexity index is 438. The zero-order chi connectivity index (χ0) is 13.4. The summed E-state index contributed by atoms with van der Waals surface area (Å²) in [4.78, 5) is 0.375. The van der Waals surface area contributed by atoms with Crippen LogP contribution < -0.4 is 0 Å². The Balaban J connectivity index is 1.81. The van der Waals surface area contributed by atoms with Gasteiger partial charge in [-0.1, -0.05) is 60.5 Å². The van der Waals surface area contributed by atoms with Crippen LogP contribution in [0.2, 0.25) is 0 Å². The van der Waals surface area contributed by atoms with Gasteiger partial charge in [-0.15, -0.1) is 0 Å². The molecule has 0 aliphatic heterocycles. The first-order chi connectivity index (χ1) is 9.16. The summed E-state index contributed by atoms with van der Waals surface area (Å²) in [6, 6.07) is 5.45. The van der Waals surface area contributed by atoms with Crippen LogP contribution in [-0.4, -0.2) is 0 Å². The van der Waals surface area contributed by atoms with Gasteiger partial charge in [0.2, 0.25) is 0 Å². The third-order valence-electron chi connectivity index (χ3n) is 4.99. The lowest BCUT2D eigenvalue weighted by Gasteiger charge is -2.45. The van der Waals surface area contributed by atoms with Gasteiger partial charge in [-0.3, -0.25) is 0 Å². The normalized spacial score (nSPS) is 22.1. The maximum atomic E-state index is 13.4. The molecule has 1 atom stereocenters. The molecule has 0 spiro atoms. The summed E-state index contributed by atoms with van der Waals surface area (Å²) >= 11 is 7.22. The predicted octanol–water partition coefficient (Wildman–Crippen LogP) is 6.24. The molecule has 1 aromatic rings. The van der Waals surface area contributed by atoms with Crippen LogP contribution in [0.5, 0.6) is 0 Å². The van der Waals surface area contributed by atoms with E-state index < -0.39 is 0 Å². The van der Waals surface area contributed by atoms with Gasteiger partial charge < -0.3 is 0 Å². The van der Waals surface area contributed by atoms with Crippen molar-refractivity contribution in [3.05, 3.63) is 34.1 Å². The fourth-order valence-electron chi connectivity index (χ4n) is 3.42. The molecule has 0 amide bonds. The van der Waals surface area contributed by atoms with Crippen molar-refractivity contribution in [2.75, 3.05) is 0 Å². The van der Waals surface area contributed by atoms with Crippen molar-refractivity contribution in [1.29, 1.82) is 0 Å².